The molecule has 0 bridgehead atoms. The van der Waals surface area contributed by atoms with Crippen LogP contribution in [0.25, 0.3) is 0 Å². The second-order valence-electron chi connectivity index (χ2n) is 0.101. The average Bonchev–Trinajstić information content (AvgIpc) is 0.918. The van der Waals surface area contributed by atoms with Gasteiger partial charge in [-0.1, -0.05) is 39.3 Å². The Kier molecular flexibility index (Phi) is 547. The van der Waals surface area contributed by atoms with E-state index in [0.717, 1.165) is 4.24 Å². The standard InChI is InChI=1S/CH2Br2.CH4.CH3.2BrH.4Mg.4H/c2-1-3;;;;;;;;;;;;/h1H2;1H4;1H3;2*1H;;;;;;;;/q;;-1;;;4*+2;4*-1/p-2. The van der Waals surface area contributed by atoms with Crippen LogP contribution in [0.5, 0.6) is 0 Å². The molecule has 0 aromatic heterocycles. The van der Waals surface area contributed by atoms with Crippen LogP contribution in [0.15, 0.2) is 0 Å². The fraction of sp³-hybridized carbons (Fsp3) is 0.667. The van der Waals surface area contributed by atoms with E-state index >= 15 is 0 Å². The zero-order valence-corrected chi connectivity index (χ0v) is 18.0. The molecule has 0 atom stereocenters. The fourth-order valence-corrected chi connectivity index (χ4v) is 0. The van der Waals surface area contributed by atoms with Crippen molar-refractivity contribution >= 4 is 124 Å². The molecule has 0 saturated heterocycles. The van der Waals surface area contributed by atoms with Crippen LogP contribution in [0.3, 0.4) is 0 Å². The molecule has 60 valence electrons. The van der Waals surface area contributed by atoms with Crippen molar-refractivity contribution < 1.29 is 39.7 Å². The van der Waals surface area contributed by atoms with Gasteiger partial charge in [0, 0.05) is 0 Å². The second kappa shape index (κ2) is 81.8. The molecule has 0 aromatic carbocycles. The molecule has 0 amide bonds. The Morgan fingerprint density at radius 1 is 0.818 bits per heavy atom. The Labute approximate surface area is 179 Å². The normalized spacial score (nSPS) is 1.64. The van der Waals surface area contributed by atoms with Gasteiger partial charge in [-0.2, -0.15) is 0 Å². The first-order chi connectivity index (χ1) is 1.41. The zero-order chi connectivity index (χ0) is 2.71. The van der Waals surface area contributed by atoms with Gasteiger partial charge in [-0.15, -0.1) is 0 Å². The first-order valence-electron chi connectivity index (χ1n) is 0.535. The quantitative estimate of drug-likeness (QED) is 0.193. The second-order valence-corrected chi connectivity index (χ2v) is 2.73. The van der Waals surface area contributed by atoms with Crippen molar-refractivity contribution in [2.45, 2.75) is 7.43 Å². The van der Waals surface area contributed by atoms with Crippen molar-refractivity contribution in [3.05, 3.63) is 7.43 Å². The molecular weight excluding hydrogens is 453 g/mol. The average molecular weight is 466 g/mol. The summed E-state index contributed by atoms with van der Waals surface area (Å²) >= 11 is 6.12. The first kappa shape index (κ1) is 73.6. The van der Waals surface area contributed by atoms with Crippen LogP contribution < -0.4 is 34.0 Å². The minimum atomic E-state index is 0. The van der Waals surface area contributed by atoms with E-state index in [1.54, 1.807) is 0 Å². The minimum absolute atomic E-state index is 0. The van der Waals surface area contributed by atoms with Crippen molar-refractivity contribution in [3.8, 4) is 0 Å². The molecule has 0 aliphatic rings. The number of rotatable bonds is 0. The van der Waals surface area contributed by atoms with E-state index < -0.39 is 0 Å². The van der Waals surface area contributed by atoms with Gasteiger partial charge in [0.25, 0.3) is 0 Å². The molecular formula is C3H13Br4Mg4+. The van der Waals surface area contributed by atoms with Crippen LogP contribution in [-0.2, 0) is 0 Å². The molecule has 0 aliphatic carbocycles. The molecule has 0 unspecified atom stereocenters. The number of alkyl halides is 2. The predicted octanol–water partition coefficient (Wildman–Crippen LogP) is -4.25. The molecule has 0 N–H and O–H groups in total. The summed E-state index contributed by atoms with van der Waals surface area (Å²) < 4.78 is 0.875. The smallest absolute Gasteiger partial charge is 1.00 e. The maximum Gasteiger partial charge on any atom is 2.00 e. The molecule has 0 saturated carbocycles. The van der Waals surface area contributed by atoms with E-state index in [4.69, 9.17) is 0 Å². The fourth-order valence-electron chi connectivity index (χ4n) is 0. The van der Waals surface area contributed by atoms with E-state index in [1.807, 2.05) is 0 Å². The van der Waals surface area contributed by atoms with Crippen LogP contribution in [-0.4, -0.2) is 96.5 Å². The summed E-state index contributed by atoms with van der Waals surface area (Å²) in [5.41, 5.74) is 0. The minimum Gasteiger partial charge on any atom is -1.00 e. The Balaban J connectivity index is -0.000000000303. The van der Waals surface area contributed by atoms with E-state index in [2.05, 4.69) is 31.9 Å². The van der Waals surface area contributed by atoms with Crippen molar-refractivity contribution in [2.24, 2.45) is 0 Å². The third-order valence-electron chi connectivity index (χ3n) is 0. The third-order valence-corrected chi connectivity index (χ3v) is 0. The van der Waals surface area contributed by atoms with Crippen molar-refractivity contribution in [3.63, 3.8) is 0 Å². The van der Waals surface area contributed by atoms with E-state index in [9.17, 15) is 0 Å². The number of halogens is 4. The molecule has 0 rings (SSSR count). The van der Waals surface area contributed by atoms with Gasteiger partial charge in [0.15, 0.2) is 0 Å². The SMILES string of the molecule is BrCBr.C.[Br-].[Br-].[CH3-].[H-].[H-].[H-].[H-].[Mg+2].[Mg+2].[Mg+2].[Mg+2]. The molecule has 0 aliphatic heterocycles. The maximum atomic E-state index is 3.06. The summed E-state index contributed by atoms with van der Waals surface area (Å²) in [6, 6.07) is 0. The largest absolute Gasteiger partial charge is 2.00 e. The summed E-state index contributed by atoms with van der Waals surface area (Å²) in [4.78, 5) is 0. The molecule has 0 aromatic rings. The van der Waals surface area contributed by atoms with Gasteiger partial charge in [-0.25, -0.2) is 0 Å². The van der Waals surface area contributed by atoms with E-state index in [1.165, 1.54) is 0 Å². The van der Waals surface area contributed by atoms with Gasteiger partial charge in [-0.3, -0.25) is 0 Å². The van der Waals surface area contributed by atoms with Crippen LogP contribution in [0.1, 0.15) is 13.1 Å². The Bertz CT molecular complexity index is 29.8. The summed E-state index contributed by atoms with van der Waals surface area (Å²) in [6.07, 6.45) is 0. The summed E-state index contributed by atoms with van der Waals surface area (Å²) in [6.45, 7) is 0. The molecule has 0 nitrogen and oxygen atoms in total. The van der Waals surface area contributed by atoms with Gasteiger partial charge < -0.3 is 47.1 Å². The molecule has 8 heteroatoms. The molecule has 11 heavy (non-hydrogen) atoms. The topological polar surface area (TPSA) is 0 Å². The monoisotopic (exact) mass is 461 g/mol. The zero-order valence-electron chi connectivity index (χ0n) is 10.0. The van der Waals surface area contributed by atoms with Gasteiger partial charge in [0.05, 0.1) is 4.24 Å². The Hall–Kier alpha value is 4.98. The van der Waals surface area contributed by atoms with Gasteiger partial charge in [-0.05, 0) is 0 Å². The Morgan fingerprint density at radius 3 is 0.818 bits per heavy atom. The summed E-state index contributed by atoms with van der Waals surface area (Å²) in [7, 11) is 0. The van der Waals surface area contributed by atoms with E-state index in [0.29, 0.717) is 0 Å². The first-order valence-corrected chi connectivity index (χ1v) is 2.78. The molecule has 0 spiro atoms. The number of hydrogen-bond donors (Lipinski definition) is 0. The van der Waals surface area contributed by atoms with Crippen molar-refractivity contribution in [2.75, 3.05) is 4.24 Å². The van der Waals surface area contributed by atoms with Crippen molar-refractivity contribution in [1.82, 2.24) is 0 Å². The van der Waals surface area contributed by atoms with Crippen LogP contribution in [0, 0.1) is 7.43 Å². The molecule has 0 fully saturated rings. The number of hydrogen-bond acceptors (Lipinski definition) is 0. The third kappa shape index (κ3) is 102. The van der Waals surface area contributed by atoms with Crippen LogP contribution in [0.4, 0.5) is 0 Å². The molecule has 0 radical (unpaired) electrons. The van der Waals surface area contributed by atoms with Crippen molar-refractivity contribution in [1.29, 1.82) is 0 Å². The van der Waals surface area contributed by atoms with Gasteiger partial charge >= 0.3 is 92.2 Å². The Morgan fingerprint density at radius 2 is 0.818 bits per heavy atom. The predicted molar refractivity (Wildman–Crippen MR) is 63.3 cm³/mol. The van der Waals surface area contributed by atoms with Gasteiger partial charge in [0.2, 0.25) is 0 Å². The van der Waals surface area contributed by atoms with Crippen LogP contribution in [0.2, 0.25) is 0 Å². The van der Waals surface area contributed by atoms with Crippen LogP contribution >= 0.6 is 31.9 Å². The molecule has 0 heterocycles. The van der Waals surface area contributed by atoms with E-state index in [-0.39, 0.29) is 147 Å². The maximum absolute atomic E-state index is 3.06. The summed E-state index contributed by atoms with van der Waals surface area (Å²) in [5.74, 6) is 0. The summed E-state index contributed by atoms with van der Waals surface area (Å²) in [5, 5.41) is 0. The van der Waals surface area contributed by atoms with Gasteiger partial charge in [0.1, 0.15) is 0 Å².